The van der Waals surface area contributed by atoms with Gasteiger partial charge in [0.1, 0.15) is 0 Å². The van der Waals surface area contributed by atoms with Crippen LogP contribution in [0.4, 0.5) is 0 Å². The molecule has 0 spiro atoms. The van der Waals surface area contributed by atoms with Crippen LogP contribution < -0.4 is 0 Å². The first-order chi connectivity index (χ1) is 7.15. The number of likely N-dealkylation sites (tertiary alicyclic amines) is 1. The van der Waals surface area contributed by atoms with Crippen molar-refractivity contribution in [3.8, 4) is 0 Å². The predicted molar refractivity (Wildman–Crippen MR) is 68.2 cm³/mol. The third kappa shape index (κ3) is 2.96. The topological polar surface area (TPSA) is 3.24 Å². The Balaban J connectivity index is 1.98. The fourth-order valence-electron chi connectivity index (χ4n) is 2.05. The van der Waals surface area contributed by atoms with E-state index in [1.165, 1.54) is 5.56 Å². The molecule has 0 radical (unpaired) electrons. The minimum Gasteiger partial charge on any atom is -0.297 e. The van der Waals surface area contributed by atoms with Gasteiger partial charge in [0.25, 0.3) is 0 Å². The first-order valence-corrected chi connectivity index (χ1v) is 6.49. The van der Waals surface area contributed by atoms with Gasteiger partial charge in [0.15, 0.2) is 0 Å². The predicted octanol–water partition coefficient (Wildman–Crippen LogP) is 3.51. The van der Waals surface area contributed by atoms with Gasteiger partial charge in [0.05, 0.1) is 5.38 Å². The molecule has 2 rings (SSSR count). The number of rotatable bonds is 2. The second-order valence-electron chi connectivity index (χ2n) is 4.32. The molecule has 1 aromatic rings. The van der Waals surface area contributed by atoms with E-state index in [-0.39, 0.29) is 0 Å². The summed E-state index contributed by atoms with van der Waals surface area (Å²) in [4.78, 5) is 2.42. The zero-order valence-corrected chi connectivity index (χ0v) is 11.1. The summed E-state index contributed by atoms with van der Waals surface area (Å²) in [6.07, 6.45) is 0. The average Bonchev–Trinajstić information content (AvgIpc) is 2.45. The quantitative estimate of drug-likeness (QED) is 0.753. The molecule has 1 heterocycles. The van der Waals surface area contributed by atoms with Crippen molar-refractivity contribution in [3.63, 3.8) is 0 Å². The van der Waals surface area contributed by atoms with Crippen LogP contribution in [-0.2, 0) is 6.54 Å². The van der Waals surface area contributed by atoms with E-state index in [0.29, 0.717) is 11.3 Å². The van der Waals surface area contributed by atoms with Gasteiger partial charge >= 0.3 is 0 Å². The number of hydrogen-bond acceptors (Lipinski definition) is 1. The molecule has 82 valence electrons. The van der Waals surface area contributed by atoms with E-state index in [9.17, 15) is 0 Å². The highest BCUT2D eigenvalue weighted by Crippen LogP contribution is 2.23. The van der Waals surface area contributed by atoms with Gasteiger partial charge in [-0.3, -0.25) is 4.90 Å². The molecule has 1 aliphatic rings. The lowest BCUT2D eigenvalue weighted by Crippen LogP contribution is -2.20. The Bertz CT molecular complexity index is 332. The lowest BCUT2D eigenvalue weighted by Gasteiger charge is -2.15. The fourth-order valence-corrected chi connectivity index (χ4v) is 2.77. The summed E-state index contributed by atoms with van der Waals surface area (Å²) < 4.78 is 1.15. The normalized spacial score (nSPS) is 27.1. The van der Waals surface area contributed by atoms with E-state index in [0.717, 1.165) is 24.1 Å². The van der Waals surface area contributed by atoms with Gasteiger partial charge in [-0.05, 0) is 23.6 Å². The third-order valence-corrected chi connectivity index (χ3v) is 3.95. The van der Waals surface area contributed by atoms with Crippen molar-refractivity contribution < 1.29 is 0 Å². The van der Waals surface area contributed by atoms with E-state index in [1.54, 1.807) is 0 Å². The molecule has 1 saturated heterocycles. The highest BCUT2D eigenvalue weighted by molar-refractivity contribution is 9.10. The van der Waals surface area contributed by atoms with Crippen LogP contribution in [0, 0.1) is 5.92 Å². The van der Waals surface area contributed by atoms with E-state index in [1.807, 2.05) is 0 Å². The molecule has 2 atom stereocenters. The van der Waals surface area contributed by atoms with Gasteiger partial charge in [-0.15, -0.1) is 11.6 Å². The van der Waals surface area contributed by atoms with Gasteiger partial charge in [0, 0.05) is 24.1 Å². The standard InChI is InChI=1S/C12H15BrClN/c1-9-6-15(8-12(9)14)7-10-3-2-4-11(13)5-10/h2-5,9,12H,6-8H2,1H3. The molecule has 0 amide bonds. The van der Waals surface area contributed by atoms with Gasteiger partial charge in [-0.1, -0.05) is 35.0 Å². The van der Waals surface area contributed by atoms with Crippen LogP contribution >= 0.6 is 27.5 Å². The molecule has 1 fully saturated rings. The van der Waals surface area contributed by atoms with Crippen LogP contribution in [0.1, 0.15) is 12.5 Å². The van der Waals surface area contributed by atoms with Crippen molar-refractivity contribution in [3.05, 3.63) is 34.3 Å². The van der Waals surface area contributed by atoms with Crippen LogP contribution in [0.15, 0.2) is 28.7 Å². The second kappa shape index (κ2) is 4.86. The van der Waals surface area contributed by atoms with Gasteiger partial charge in [0.2, 0.25) is 0 Å². The lowest BCUT2D eigenvalue weighted by atomic mass is 10.1. The largest absolute Gasteiger partial charge is 0.297 e. The number of alkyl halides is 1. The van der Waals surface area contributed by atoms with Crippen molar-refractivity contribution in [1.29, 1.82) is 0 Å². The molecule has 0 aromatic heterocycles. The summed E-state index contributed by atoms with van der Waals surface area (Å²) in [5.41, 5.74) is 1.35. The molecular weight excluding hydrogens is 273 g/mol. The van der Waals surface area contributed by atoms with Gasteiger partial charge < -0.3 is 0 Å². The minimum absolute atomic E-state index is 0.317. The summed E-state index contributed by atoms with van der Waals surface area (Å²) in [7, 11) is 0. The van der Waals surface area contributed by atoms with E-state index < -0.39 is 0 Å². The number of benzene rings is 1. The van der Waals surface area contributed by atoms with Crippen molar-refractivity contribution in [2.45, 2.75) is 18.8 Å². The van der Waals surface area contributed by atoms with E-state index in [2.05, 4.69) is 52.0 Å². The van der Waals surface area contributed by atoms with E-state index >= 15 is 0 Å². The SMILES string of the molecule is CC1CN(Cc2cccc(Br)c2)CC1Cl. The Kier molecular flexibility index (Phi) is 3.70. The van der Waals surface area contributed by atoms with Gasteiger partial charge in [-0.2, -0.15) is 0 Å². The molecule has 15 heavy (non-hydrogen) atoms. The first kappa shape index (κ1) is 11.4. The Hall–Kier alpha value is -0.0500. The first-order valence-electron chi connectivity index (χ1n) is 5.26. The lowest BCUT2D eigenvalue weighted by molar-refractivity contribution is 0.320. The van der Waals surface area contributed by atoms with Crippen molar-refractivity contribution in [2.75, 3.05) is 13.1 Å². The molecule has 1 aromatic carbocycles. The maximum Gasteiger partial charge on any atom is 0.0501 e. The molecule has 0 saturated carbocycles. The Morgan fingerprint density at radius 3 is 2.87 bits per heavy atom. The summed E-state index contributed by atoms with van der Waals surface area (Å²) in [6, 6.07) is 8.47. The van der Waals surface area contributed by atoms with Gasteiger partial charge in [-0.25, -0.2) is 0 Å². The minimum atomic E-state index is 0.317. The molecule has 2 unspecified atom stereocenters. The van der Waals surface area contributed by atoms with E-state index in [4.69, 9.17) is 11.6 Å². The molecule has 3 heteroatoms. The average molecular weight is 289 g/mol. The molecule has 1 nitrogen and oxygen atoms in total. The summed E-state index contributed by atoms with van der Waals surface area (Å²) in [5.74, 6) is 0.610. The zero-order valence-electron chi connectivity index (χ0n) is 8.79. The van der Waals surface area contributed by atoms with Crippen molar-refractivity contribution in [2.24, 2.45) is 5.92 Å². The molecule has 0 N–H and O–H groups in total. The maximum absolute atomic E-state index is 6.20. The highest BCUT2D eigenvalue weighted by atomic mass is 79.9. The smallest absolute Gasteiger partial charge is 0.0501 e. The van der Waals surface area contributed by atoms with Crippen molar-refractivity contribution >= 4 is 27.5 Å². The van der Waals surface area contributed by atoms with Crippen LogP contribution in [0.2, 0.25) is 0 Å². The fraction of sp³-hybridized carbons (Fsp3) is 0.500. The molecular formula is C12H15BrClN. The number of hydrogen-bond donors (Lipinski definition) is 0. The van der Waals surface area contributed by atoms with Crippen LogP contribution in [0.5, 0.6) is 0 Å². The molecule has 1 aliphatic heterocycles. The maximum atomic E-state index is 6.20. The second-order valence-corrected chi connectivity index (χ2v) is 5.79. The summed E-state index contributed by atoms with van der Waals surface area (Å²) in [5, 5.41) is 0.317. The highest BCUT2D eigenvalue weighted by Gasteiger charge is 2.27. The third-order valence-electron chi connectivity index (χ3n) is 2.89. The van der Waals surface area contributed by atoms with Crippen molar-refractivity contribution in [1.82, 2.24) is 4.90 Å². The Morgan fingerprint density at radius 1 is 1.47 bits per heavy atom. The van der Waals surface area contributed by atoms with Crippen LogP contribution in [-0.4, -0.2) is 23.4 Å². The Labute approximate surface area is 105 Å². The molecule has 0 aliphatic carbocycles. The zero-order chi connectivity index (χ0) is 10.8. The monoisotopic (exact) mass is 287 g/mol. The Morgan fingerprint density at radius 2 is 2.27 bits per heavy atom. The summed E-state index contributed by atoms with van der Waals surface area (Å²) in [6.45, 7) is 5.35. The molecule has 0 bridgehead atoms. The number of halogens is 2. The summed E-state index contributed by atoms with van der Waals surface area (Å²) >= 11 is 9.69. The number of nitrogens with zero attached hydrogens (tertiary/aromatic N) is 1. The van der Waals surface area contributed by atoms with Crippen LogP contribution in [0.3, 0.4) is 0 Å². The van der Waals surface area contributed by atoms with Crippen LogP contribution in [0.25, 0.3) is 0 Å².